The summed E-state index contributed by atoms with van der Waals surface area (Å²) in [5.41, 5.74) is 3.20. The summed E-state index contributed by atoms with van der Waals surface area (Å²) in [6.45, 7) is 3.31. The number of rotatable bonds is 6. The normalized spacial score (nSPS) is 10.9. The summed E-state index contributed by atoms with van der Waals surface area (Å²) in [5.74, 6) is 0.871. The predicted octanol–water partition coefficient (Wildman–Crippen LogP) is 3.52. The van der Waals surface area contributed by atoms with Crippen LogP contribution in [0.25, 0.3) is 11.5 Å². The van der Waals surface area contributed by atoms with Crippen molar-refractivity contribution in [2.45, 2.75) is 19.9 Å². The van der Waals surface area contributed by atoms with E-state index in [1.54, 1.807) is 12.1 Å². The number of benzene rings is 2. The van der Waals surface area contributed by atoms with Crippen molar-refractivity contribution in [2.75, 3.05) is 6.54 Å². The lowest BCUT2D eigenvalue weighted by atomic mass is 10.1. The molecule has 1 heterocycles. The molecular weight excluding hydrogens is 293 g/mol. The van der Waals surface area contributed by atoms with Gasteiger partial charge in [-0.2, -0.15) is 0 Å². The van der Waals surface area contributed by atoms with Crippen LogP contribution in [0.5, 0.6) is 0 Å². The third-order valence-corrected chi connectivity index (χ3v) is 3.55. The molecule has 4 nitrogen and oxygen atoms in total. The Morgan fingerprint density at radius 1 is 1.00 bits per heavy atom. The number of halogens is 1. The quantitative estimate of drug-likeness (QED) is 0.708. The lowest BCUT2D eigenvalue weighted by Gasteiger charge is -2.02. The number of hydrogen-bond acceptors (Lipinski definition) is 4. The summed E-state index contributed by atoms with van der Waals surface area (Å²) >= 11 is 0. The van der Waals surface area contributed by atoms with Gasteiger partial charge in [-0.15, -0.1) is 10.2 Å². The molecule has 2 aromatic carbocycles. The average molecular weight is 311 g/mol. The first-order chi connectivity index (χ1) is 11.2. The Morgan fingerprint density at radius 3 is 2.48 bits per heavy atom. The average Bonchev–Trinajstić information content (AvgIpc) is 3.03. The minimum atomic E-state index is -0.212. The van der Waals surface area contributed by atoms with Gasteiger partial charge in [-0.3, -0.25) is 0 Å². The fourth-order valence-corrected chi connectivity index (χ4v) is 2.22. The number of hydrogen-bond donors (Lipinski definition) is 1. The van der Waals surface area contributed by atoms with E-state index in [1.165, 1.54) is 17.7 Å². The lowest BCUT2D eigenvalue weighted by molar-refractivity contribution is 0.478. The molecule has 118 valence electrons. The molecule has 0 aliphatic heterocycles. The van der Waals surface area contributed by atoms with Crippen LogP contribution < -0.4 is 5.32 Å². The van der Waals surface area contributed by atoms with E-state index in [4.69, 9.17) is 4.42 Å². The van der Waals surface area contributed by atoms with E-state index in [-0.39, 0.29) is 5.82 Å². The van der Waals surface area contributed by atoms with Gasteiger partial charge in [0.1, 0.15) is 5.82 Å². The SMILES string of the molecule is Cc1ccc(-c2nnc(CNCCc3ccc(F)cc3)o2)cc1. The molecule has 1 N–H and O–H groups in total. The maximum Gasteiger partial charge on any atom is 0.247 e. The molecule has 0 saturated carbocycles. The second-order valence-corrected chi connectivity index (χ2v) is 5.42. The monoisotopic (exact) mass is 311 g/mol. The highest BCUT2D eigenvalue weighted by Crippen LogP contribution is 2.18. The molecule has 3 rings (SSSR count). The van der Waals surface area contributed by atoms with Gasteiger partial charge < -0.3 is 9.73 Å². The van der Waals surface area contributed by atoms with Crippen molar-refractivity contribution >= 4 is 0 Å². The predicted molar refractivity (Wildman–Crippen MR) is 86.3 cm³/mol. The van der Waals surface area contributed by atoms with Crippen LogP contribution in [0.3, 0.4) is 0 Å². The van der Waals surface area contributed by atoms with E-state index in [1.807, 2.05) is 31.2 Å². The van der Waals surface area contributed by atoms with E-state index in [2.05, 4.69) is 15.5 Å². The Labute approximate surface area is 134 Å². The first kappa shape index (κ1) is 15.4. The molecule has 3 aromatic rings. The van der Waals surface area contributed by atoms with Gasteiger partial charge in [0.25, 0.3) is 0 Å². The largest absolute Gasteiger partial charge is 0.419 e. The van der Waals surface area contributed by atoms with E-state index < -0.39 is 0 Å². The van der Waals surface area contributed by atoms with Crippen LogP contribution >= 0.6 is 0 Å². The molecule has 1 aromatic heterocycles. The van der Waals surface area contributed by atoms with E-state index in [0.29, 0.717) is 18.3 Å². The van der Waals surface area contributed by atoms with Crippen molar-refractivity contribution < 1.29 is 8.81 Å². The Morgan fingerprint density at radius 2 is 1.74 bits per heavy atom. The van der Waals surface area contributed by atoms with Crippen LogP contribution in [0.4, 0.5) is 4.39 Å². The Kier molecular flexibility index (Phi) is 4.78. The van der Waals surface area contributed by atoms with Gasteiger partial charge in [0.15, 0.2) is 0 Å². The Hall–Kier alpha value is -2.53. The highest BCUT2D eigenvalue weighted by molar-refractivity contribution is 5.52. The van der Waals surface area contributed by atoms with Crippen LogP contribution in [0.2, 0.25) is 0 Å². The highest BCUT2D eigenvalue weighted by Gasteiger charge is 2.07. The zero-order chi connectivity index (χ0) is 16.1. The fourth-order valence-electron chi connectivity index (χ4n) is 2.22. The van der Waals surface area contributed by atoms with Crippen molar-refractivity contribution in [3.8, 4) is 11.5 Å². The maximum absolute atomic E-state index is 12.8. The minimum Gasteiger partial charge on any atom is -0.419 e. The topological polar surface area (TPSA) is 51.0 Å². The van der Waals surface area contributed by atoms with Crippen molar-refractivity contribution in [3.63, 3.8) is 0 Å². The molecule has 0 aliphatic rings. The molecule has 23 heavy (non-hydrogen) atoms. The van der Waals surface area contributed by atoms with Gasteiger partial charge in [-0.1, -0.05) is 29.8 Å². The molecule has 0 atom stereocenters. The molecule has 0 bridgehead atoms. The molecule has 0 fully saturated rings. The number of aryl methyl sites for hydroxylation is 1. The summed E-state index contributed by atoms with van der Waals surface area (Å²) in [7, 11) is 0. The summed E-state index contributed by atoms with van der Waals surface area (Å²) in [5, 5.41) is 11.4. The molecular formula is C18H18FN3O. The van der Waals surface area contributed by atoms with Crippen molar-refractivity contribution in [3.05, 3.63) is 71.4 Å². The van der Waals surface area contributed by atoms with Gasteiger partial charge in [-0.05, 0) is 49.7 Å². The zero-order valence-electron chi connectivity index (χ0n) is 12.9. The fraction of sp³-hybridized carbons (Fsp3) is 0.222. The molecule has 5 heteroatoms. The van der Waals surface area contributed by atoms with Gasteiger partial charge in [0, 0.05) is 5.56 Å². The van der Waals surface area contributed by atoms with Gasteiger partial charge in [-0.25, -0.2) is 4.39 Å². The Balaban J connectivity index is 1.49. The summed E-state index contributed by atoms with van der Waals surface area (Å²) in [4.78, 5) is 0. The zero-order valence-corrected chi connectivity index (χ0v) is 12.9. The van der Waals surface area contributed by atoms with Gasteiger partial charge in [0.05, 0.1) is 6.54 Å². The molecule has 0 spiro atoms. The van der Waals surface area contributed by atoms with Crippen LogP contribution in [0, 0.1) is 12.7 Å². The lowest BCUT2D eigenvalue weighted by Crippen LogP contribution is -2.16. The summed E-state index contributed by atoms with van der Waals surface area (Å²) in [6.07, 6.45) is 0.819. The molecule has 0 amide bonds. The van der Waals surface area contributed by atoms with Gasteiger partial charge >= 0.3 is 0 Å². The third kappa shape index (κ3) is 4.23. The van der Waals surface area contributed by atoms with Crippen LogP contribution in [0.1, 0.15) is 17.0 Å². The summed E-state index contributed by atoms with van der Waals surface area (Å²) < 4.78 is 18.5. The number of nitrogens with one attached hydrogen (secondary N) is 1. The second-order valence-electron chi connectivity index (χ2n) is 5.42. The highest BCUT2D eigenvalue weighted by atomic mass is 19.1. The van der Waals surface area contributed by atoms with Crippen LogP contribution in [-0.4, -0.2) is 16.7 Å². The molecule has 0 unspecified atom stereocenters. The molecule has 0 aliphatic carbocycles. The van der Waals surface area contributed by atoms with Gasteiger partial charge in [0.2, 0.25) is 11.8 Å². The standard InChI is InChI=1S/C18H18FN3O/c1-13-2-6-15(7-3-13)18-22-21-17(23-18)12-20-11-10-14-4-8-16(19)9-5-14/h2-9,20H,10-12H2,1H3. The number of aromatic nitrogens is 2. The number of nitrogens with zero attached hydrogens (tertiary/aromatic N) is 2. The van der Waals surface area contributed by atoms with Crippen molar-refractivity contribution in [2.24, 2.45) is 0 Å². The summed E-state index contributed by atoms with van der Waals surface area (Å²) in [6, 6.07) is 14.5. The first-order valence-electron chi connectivity index (χ1n) is 7.55. The van der Waals surface area contributed by atoms with E-state index >= 15 is 0 Å². The van der Waals surface area contributed by atoms with E-state index in [0.717, 1.165) is 24.1 Å². The maximum atomic E-state index is 12.8. The van der Waals surface area contributed by atoms with Crippen molar-refractivity contribution in [1.82, 2.24) is 15.5 Å². The molecule has 0 saturated heterocycles. The van der Waals surface area contributed by atoms with Crippen LogP contribution in [0.15, 0.2) is 52.9 Å². The Bertz CT molecular complexity index is 751. The smallest absolute Gasteiger partial charge is 0.247 e. The third-order valence-electron chi connectivity index (χ3n) is 3.55. The first-order valence-corrected chi connectivity index (χ1v) is 7.55. The minimum absolute atomic E-state index is 0.212. The molecule has 0 radical (unpaired) electrons. The van der Waals surface area contributed by atoms with Crippen molar-refractivity contribution in [1.29, 1.82) is 0 Å². The second kappa shape index (κ2) is 7.15. The van der Waals surface area contributed by atoms with E-state index in [9.17, 15) is 4.39 Å². The van der Waals surface area contributed by atoms with Crippen LogP contribution in [-0.2, 0) is 13.0 Å².